The van der Waals surface area contributed by atoms with Crippen LogP contribution in [-0.2, 0) is 11.3 Å². The van der Waals surface area contributed by atoms with Crippen molar-refractivity contribution in [1.82, 2.24) is 10.6 Å². The summed E-state index contributed by atoms with van der Waals surface area (Å²) in [6.07, 6.45) is 0. The van der Waals surface area contributed by atoms with Crippen LogP contribution in [0.4, 0.5) is 0 Å². The van der Waals surface area contributed by atoms with Gasteiger partial charge in [0.05, 0.1) is 6.61 Å². The van der Waals surface area contributed by atoms with E-state index in [1.54, 1.807) is 14.2 Å². The topological polar surface area (TPSA) is 45.7 Å². The Hall–Kier alpha value is -1.55. The number of rotatable bonds is 5. The van der Waals surface area contributed by atoms with Crippen molar-refractivity contribution in [2.45, 2.75) is 26.4 Å². The highest BCUT2D eigenvalue weighted by atomic mass is 16.5. The maximum absolute atomic E-state index is 5.08. The van der Waals surface area contributed by atoms with E-state index in [2.05, 4.69) is 53.7 Å². The highest BCUT2D eigenvalue weighted by Crippen LogP contribution is 2.02. The molecule has 0 aliphatic rings. The standard InChI is InChI=1S/C14H23N3O/c1-11-5-7-13(8-6-11)9-16-14(15-3)17-12(2)10-18-4/h5-8,12H,9-10H2,1-4H3,(H2,15,16,17). The zero-order valence-corrected chi connectivity index (χ0v) is 11.7. The van der Waals surface area contributed by atoms with Crippen molar-refractivity contribution in [1.29, 1.82) is 0 Å². The van der Waals surface area contributed by atoms with E-state index in [1.807, 2.05) is 0 Å². The van der Waals surface area contributed by atoms with Crippen molar-refractivity contribution in [3.05, 3.63) is 35.4 Å². The quantitative estimate of drug-likeness (QED) is 0.616. The molecule has 2 N–H and O–H groups in total. The number of hydrogen-bond acceptors (Lipinski definition) is 2. The number of aliphatic imine (C=N–C) groups is 1. The third-order valence-corrected chi connectivity index (χ3v) is 2.60. The van der Waals surface area contributed by atoms with Crippen LogP contribution in [-0.4, -0.2) is 32.8 Å². The third kappa shape index (κ3) is 5.19. The third-order valence-electron chi connectivity index (χ3n) is 2.60. The van der Waals surface area contributed by atoms with Gasteiger partial charge in [-0.25, -0.2) is 0 Å². The number of nitrogens with zero attached hydrogens (tertiary/aromatic N) is 1. The maximum atomic E-state index is 5.08. The summed E-state index contributed by atoms with van der Waals surface area (Å²) >= 11 is 0. The fourth-order valence-corrected chi connectivity index (χ4v) is 1.61. The van der Waals surface area contributed by atoms with Gasteiger partial charge >= 0.3 is 0 Å². The Bertz CT molecular complexity index is 373. The number of nitrogens with one attached hydrogen (secondary N) is 2. The van der Waals surface area contributed by atoms with Crippen molar-refractivity contribution in [3.8, 4) is 0 Å². The van der Waals surface area contributed by atoms with Gasteiger partial charge in [0.1, 0.15) is 0 Å². The predicted molar refractivity (Wildman–Crippen MR) is 75.9 cm³/mol. The fourth-order valence-electron chi connectivity index (χ4n) is 1.61. The second kappa shape index (κ2) is 7.71. The van der Waals surface area contributed by atoms with Gasteiger partial charge in [-0.1, -0.05) is 29.8 Å². The van der Waals surface area contributed by atoms with Crippen molar-refractivity contribution in [3.63, 3.8) is 0 Å². The number of methoxy groups -OCH3 is 1. The molecule has 1 atom stereocenters. The Kier molecular flexibility index (Phi) is 6.22. The van der Waals surface area contributed by atoms with Crippen molar-refractivity contribution in [2.24, 2.45) is 4.99 Å². The fraction of sp³-hybridized carbons (Fsp3) is 0.500. The van der Waals surface area contributed by atoms with Crippen molar-refractivity contribution in [2.75, 3.05) is 20.8 Å². The van der Waals surface area contributed by atoms with E-state index in [4.69, 9.17) is 4.74 Å². The molecule has 0 heterocycles. The first-order valence-electron chi connectivity index (χ1n) is 6.17. The minimum Gasteiger partial charge on any atom is -0.383 e. The summed E-state index contributed by atoms with van der Waals surface area (Å²) in [6, 6.07) is 8.70. The summed E-state index contributed by atoms with van der Waals surface area (Å²) in [5, 5.41) is 6.54. The number of hydrogen-bond donors (Lipinski definition) is 2. The van der Waals surface area contributed by atoms with Gasteiger partial charge < -0.3 is 15.4 Å². The lowest BCUT2D eigenvalue weighted by Gasteiger charge is -2.17. The van der Waals surface area contributed by atoms with Gasteiger partial charge in [-0.05, 0) is 19.4 Å². The van der Waals surface area contributed by atoms with E-state index in [1.165, 1.54) is 11.1 Å². The van der Waals surface area contributed by atoms with Crippen LogP contribution >= 0.6 is 0 Å². The van der Waals surface area contributed by atoms with Crippen LogP contribution in [0.2, 0.25) is 0 Å². The molecule has 0 amide bonds. The van der Waals surface area contributed by atoms with E-state index >= 15 is 0 Å². The SMILES string of the molecule is CN=C(NCc1ccc(C)cc1)NC(C)COC. The molecule has 18 heavy (non-hydrogen) atoms. The van der Waals surface area contributed by atoms with Crippen LogP contribution in [0.5, 0.6) is 0 Å². The highest BCUT2D eigenvalue weighted by Gasteiger charge is 2.04. The van der Waals surface area contributed by atoms with Gasteiger partial charge in [-0.15, -0.1) is 0 Å². The first kappa shape index (κ1) is 14.5. The molecule has 0 saturated carbocycles. The summed E-state index contributed by atoms with van der Waals surface area (Å²) in [4.78, 5) is 4.18. The average Bonchev–Trinajstić information content (AvgIpc) is 2.36. The first-order valence-corrected chi connectivity index (χ1v) is 6.17. The maximum Gasteiger partial charge on any atom is 0.191 e. The molecule has 0 spiro atoms. The van der Waals surface area contributed by atoms with Crippen LogP contribution in [0, 0.1) is 6.92 Å². The van der Waals surface area contributed by atoms with Crippen LogP contribution in [0.3, 0.4) is 0 Å². The molecule has 0 aliphatic heterocycles. The molecule has 0 saturated heterocycles. The van der Waals surface area contributed by atoms with Gasteiger partial charge in [-0.2, -0.15) is 0 Å². The molecule has 1 rings (SSSR count). The number of ether oxygens (including phenoxy) is 1. The van der Waals surface area contributed by atoms with Crippen LogP contribution in [0.1, 0.15) is 18.1 Å². The van der Waals surface area contributed by atoms with Gasteiger partial charge in [-0.3, -0.25) is 4.99 Å². The molecule has 1 unspecified atom stereocenters. The van der Waals surface area contributed by atoms with E-state index in [9.17, 15) is 0 Å². The molecule has 0 radical (unpaired) electrons. The van der Waals surface area contributed by atoms with E-state index in [0.29, 0.717) is 6.61 Å². The first-order chi connectivity index (χ1) is 8.65. The van der Waals surface area contributed by atoms with E-state index in [-0.39, 0.29) is 6.04 Å². The Labute approximate surface area is 109 Å². The smallest absolute Gasteiger partial charge is 0.191 e. The normalized spacial score (nSPS) is 13.2. The van der Waals surface area contributed by atoms with E-state index < -0.39 is 0 Å². The summed E-state index contributed by atoms with van der Waals surface area (Å²) in [6.45, 7) is 5.57. The van der Waals surface area contributed by atoms with Gasteiger partial charge in [0.15, 0.2) is 5.96 Å². The minimum absolute atomic E-state index is 0.235. The van der Waals surface area contributed by atoms with Gasteiger partial charge in [0.2, 0.25) is 0 Å². The predicted octanol–water partition coefficient (Wildman–Crippen LogP) is 1.69. The molecule has 4 nitrogen and oxygen atoms in total. The Balaban J connectivity index is 2.42. The lowest BCUT2D eigenvalue weighted by molar-refractivity contribution is 0.179. The van der Waals surface area contributed by atoms with Crippen LogP contribution < -0.4 is 10.6 Å². The molecule has 100 valence electrons. The lowest BCUT2D eigenvalue weighted by Crippen LogP contribution is -2.43. The van der Waals surface area contributed by atoms with Gasteiger partial charge in [0.25, 0.3) is 0 Å². The summed E-state index contributed by atoms with van der Waals surface area (Å²) in [7, 11) is 3.46. The Morgan fingerprint density at radius 3 is 2.56 bits per heavy atom. The zero-order chi connectivity index (χ0) is 13.4. The molecule has 1 aromatic carbocycles. The molecule has 4 heteroatoms. The molecule has 0 aromatic heterocycles. The van der Waals surface area contributed by atoms with Crippen molar-refractivity contribution >= 4 is 5.96 Å². The second-order valence-corrected chi connectivity index (χ2v) is 4.41. The average molecular weight is 249 g/mol. The number of benzene rings is 1. The molecular weight excluding hydrogens is 226 g/mol. The largest absolute Gasteiger partial charge is 0.383 e. The molecule has 0 aliphatic carbocycles. The Morgan fingerprint density at radius 2 is 2.00 bits per heavy atom. The highest BCUT2D eigenvalue weighted by molar-refractivity contribution is 5.79. The van der Waals surface area contributed by atoms with Crippen LogP contribution in [0.25, 0.3) is 0 Å². The molecular formula is C14H23N3O. The molecule has 1 aromatic rings. The molecule has 0 fully saturated rings. The number of guanidine groups is 1. The van der Waals surface area contributed by atoms with Crippen molar-refractivity contribution < 1.29 is 4.74 Å². The monoisotopic (exact) mass is 249 g/mol. The second-order valence-electron chi connectivity index (χ2n) is 4.41. The van der Waals surface area contributed by atoms with Crippen LogP contribution in [0.15, 0.2) is 29.3 Å². The summed E-state index contributed by atoms with van der Waals surface area (Å²) < 4.78 is 5.08. The summed E-state index contributed by atoms with van der Waals surface area (Å²) in [5.74, 6) is 0.792. The molecule has 0 bridgehead atoms. The number of aryl methyl sites for hydroxylation is 1. The summed E-state index contributed by atoms with van der Waals surface area (Å²) in [5.41, 5.74) is 2.51. The minimum atomic E-state index is 0.235. The Morgan fingerprint density at radius 1 is 1.33 bits per heavy atom. The van der Waals surface area contributed by atoms with Gasteiger partial charge in [0, 0.05) is 26.7 Å². The lowest BCUT2D eigenvalue weighted by atomic mass is 10.1. The van der Waals surface area contributed by atoms with E-state index in [0.717, 1.165) is 12.5 Å². The zero-order valence-electron chi connectivity index (χ0n) is 11.7.